The van der Waals surface area contributed by atoms with Gasteiger partial charge in [0.05, 0.1) is 18.2 Å². The van der Waals surface area contributed by atoms with E-state index in [1.165, 1.54) is 0 Å². The number of benzene rings is 1. The number of aromatic amines is 1. The Morgan fingerprint density at radius 3 is 2.86 bits per heavy atom. The molecule has 1 fully saturated rings. The van der Waals surface area contributed by atoms with Crippen molar-refractivity contribution in [2.75, 3.05) is 0 Å². The highest BCUT2D eigenvalue weighted by atomic mass is 16.1. The van der Waals surface area contributed by atoms with Crippen molar-refractivity contribution in [2.24, 2.45) is 0 Å². The lowest BCUT2D eigenvalue weighted by molar-refractivity contribution is -0.121. The lowest BCUT2D eigenvalue weighted by atomic mass is 9.91. The number of rotatable bonds is 4. The molecular formula is C23H26N4O2. The molecule has 2 N–H and O–H groups in total. The summed E-state index contributed by atoms with van der Waals surface area (Å²) in [4.78, 5) is 28.2. The maximum Gasteiger partial charge on any atom is 0.267 e. The number of aryl methyl sites for hydroxylation is 2. The fourth-order valence-electron chi connectivity index (χ4n) is 4.87. The predicted molar refractivity (Wildman–Crippen MR) is 112 cm³/mol. The summed E-state index contributed by atoms with van der Waals surface area (Å²) in [5.74, 6) is 0.0611. The van der Waals surface area contributed by atoms with Crippen LogP contribution in [0, 0.1) is 0 Å². The van der Waals surface area contributed by atoms with Gasteiger partial charge in [-0.2, -0.15) is 5.10 Å². The molecule has 0 atom stereocenters. The summed E-state index contributed by atoms with van der Waals surface area (Å²) in [6, 6.07) is 10.2. The van der Waals surface area contributed by atoms with Crippen LogP contribution in [0.3, 0.4) is 0 Å². The van der Waals surface area contributed by atoms with E-state index < -0.39 is 0 Å². The molecular weight excluding hydrogens is 364 g/mol. The molecule has 0 spiro atoms. The first-order valence-electron chi connectivity index (χ1n) is 10.6. The van der Waals surface area contributed by atoms with E-state index in [0.717, 1.165) is 72.7 Å². The number of para-hydroxylation sites is 1. The Bertz CT molecular complexity index is 1110. The summed E-state index contributed by atoms with van der Waals surface area (Å²) < 4.78 is 1.70. The van der Waals surface area contributed by atoms with Gasteiger partial charge in [0, 0.05) is 29.2 Å². The van der Waals surface area contributed by atoms with Crippen molar-refractivity contribution in [3.8, 4) is 0 Å². The zero-order valence-electron chi connectivity index (χ0n) is 16.5. The molecule has 1 amide bonds. The van der Waals surface area contributed by atoms with Crippen LogP contribution < -0.4 is 10.9 Å². The number of nitrogens with zero attached hydrogens (tertiary/aromatic N) is 2. The van der Waals surface area contributed by atoms with Crippen LogP contribution in [-0.2, 0) is 24.1 Å². The van der Waals surface area contributed by atoms with Gasteiger partial charge in [-0.15, -0.1) is 0 Å². The fraction of sp³-hybridized carbons (Fsp3) is 0.435. The molecule has 3 aromatic rings. The highest BCUT2D eigenvalue weighted by molar-refractivity contribution is 5.88. The Balaban J connectivity index is 1.19. The first-order valence-corrected chi connectivity index (χ1v) is 10.6. The fourth-order valence-corrected chi connectivity index (χ4v) is 4.87. The highest BCUT2D eigenvalue weighted by Gasteiger charge is 2.26. The second kappa shape index (κ2) is 7.50. The van der Waals surface area contributed by atoms with Gasteiger partial charge in [-0.1, -0.05) is 18.2 Å². The molecule has 2 aliphatic carbocycles. The zero-order valence-corrected chi connectivity index (χ0v) is 16.5. The van der Waals surface area contributed by atoms with Gasteiger partial charge in [-0.05, 0) is 62.1 Å². The maximum absolute atomic E-state index is 12.6. The summed E-state index contributed by atoms with van der Waals surface area (Å²) in [6.45, 7) is 0. The normalized spacial score (nSPS) is 21.2. The Morgan fingerprint density at radius 1 is 1.17 bits per heavy atom. The third kappa shape index (κ3) is 3.59. The molecule has 0 radical (unpaired) electrons. The SMILES string of the molecule is O=C(Cc1c[nH]c2ccccc12)NC1CCC(n2nc3c(cc2=O)CCC3)CC1. The molecule has 0 unspecified atom stereocenters. The minimum atomic E-state index is 0.0254. The van der Waals surface area contributed by atoms with Crippen molar-refractivity contribution in [1.82, 2.24) is 20.1 Å². The number of hydrogen-bond acceptors (Lipinski definition) is 3. The number of nitrogens with one attached hydrogen (secondary N) is 2. The van der Waals surface area contributed by atoms with Crippen LogP contribution in [0.25, 0.3) is 10.9 Å². The van der Waals surface area contributed by atoms with E-state index in [2.05, 4.69) is 15.4 Å². The van der Waals surface area contributed by atoms with Crippen molar-refractivity contribution in [3.63, 3.8) is 0 Å². The number of hydrogen-bond donors (Lipinski definition) is 2. The van der Waals surface area contributed by atoms with E-state index in [-0.39, 0.29) is 23.6 Å². The molecule has 6 nitrogen and oxygen atoms in total. The van der Waals surface area contributed by atoms with E-state index in [4.69, 9.17) is 0 Å². The zero-order chi connectivity index (χ0) is 19.8. The van der Waals surface area contributed by atoms with Gasteiger partial charge in [0.1, 0.15) is 0 Å². The Labute approximate surface area is 169 Å². The number of carbonyl (C=O) groups is 1. The standard InChI is InChI=1S/C23H26N4O2/c28-22(12-16-14-24-21-6-2-1-5-19(16)21)25-17-8-10-18(11-9-17)27-23(29)13-15-4-3-7-20(15)26-27/h1-2,5-6,13-14,17-18,24H,3-4,7-12H2,(H,25,28). The van der Waals surface area contributed by atoms with Gasteiger partial charge in [-0.25, -0.2) is 4.68 Å². The Hall–Kier alpha value is -2.89. The average Bonchev–Trinajstić information content (AvgIpc) is 3.35. The first-order chi connectivity index (χ1) is 14.2. The van der Waals surface area contributed by atoms with Crippen LogP contribution in [0.1, 0.15) is 55.0 Å². The lowest BCUT2D eigenvalue weighted by Crippen LogP contribution is -2.40. The van der Waals surface area contributed by atoms with Gasteiger partial charge in [0.25, 0.3) is 5.56 Å². The summed E-state index contributed by atoms with van der Waals surface area (Å²) in [5.41, 5.74) is 4.34. The molecule has 5 rings (SSSR count). The van der Waals surface area contributed by atoms with Crippen molar-refractivity contribution in [1.29, 1.82) is 0 Å². The number of carbonyl (C=O) groups excluding carboxylic acids is 1. The van der Waals surface area contributed by atoms with Crippen molar-refractivity contribution >= 4 is 16.8 Å². The predicted octanol–water partition coefficient (Wildman–Crippen LogP) is 3.06. The first kappa shape index (κ1) is 18.2. The van der Waals surface area contributed by atoms with E-state index in [1.807, 2.05) is 30.5 Å². The number of H-pyrrole nitrogens is 1. The monoisotopic (exact) mass is 390 g/mol. The summed E-state index contributed by atoms with van der Waals surface area (Å²) >= 11 is 0. The van der Waals surface area contributed by atoms with Crippen LogP contribution in [0.4, 0.5) is 0 Å². The molecule has 6 heteroatoms. The van der Waals surface area contributed by atoms with Crippen LogP contribution in [0.5, 0.6) is 0 Å². The van der Waals surface area contributed by atoms with E-state index in [1.54, 1.807) is 10.7 Å². The number of amides is 1. The minimum absolute atomic E-state index is 0.0254. The molecule has 2 heterocycles. The summed E-state index contributed by atoms with van der Waals surface area (Å²) in [7, 11) is 0. The lowest BCUT2D eigenvalue weighted by Gasteiger charge is -2.29. The molecule has 150 valence electrons. The quantitative estimate of drug-likeness (QED) is 0.719. The van der Waals surface area contributed by atoms with Crippen LogP contribution in [0.15, 0.2) is 41.3 Å². The van der Waals surface area contributed by atoms with E-state index >= 15 is 0 Å². The molecule has 0 bridgehead atoms. The topological polar surface area (TPSA) is 79.8 Å². The number of fused-ring (bicyclic) bond motifs is 2. The molecule has 1 aromatic carbocycles. The van der Waals surface area contributed by atoms with E-state index in [0.29, 0.717) is 6.42 Å². The molecule has 2 aliphatic rings. The third-order valence-electron chi connectivity index (χ3n) is 6.42. The van der Waals surface area contributed by atoms with Gasteiger partial charge >= 0.3 is 0 Å². The molecule has 29 heavy (non-hydrogen) atoms. The largest absolute Gasteiger partial charge is 0.361 e. The second-order valence-corrected chi connectivity index (χ2v) is 8.36. The molecule has 0 saturated heterocycles. The van der Waals surface area contributed by atoms with Crippen molar-refractivity contribution in [2.45, 2.75) is 63.5 Å². The molecule has 0 aliphatic heterocycles. The van der Waals surface area contributed by atoms with Crippen molar-refractivity contribution < 1.29 is 4.79 Å². The van der Waals surface area contributed by atoms with E-state index in [9.17, 15) is 9.59 Å². The highest BCUT2D eigenvalue weighted by Crippen LogP contribution is 2.28. The van der Waals surface area contributed by atoms with Gasteiger partial charge in [0.15, 0.2) is 0 Å². The Kier molecular flexibility index (Phi) is 4.70. The van der Waals surface area contributed by atoms with Gasteiger partial charge in [-0.3, -0.25) is 9.59 Å². The Morgan fingerprint density at radius 2 is 2.00 bits per heavy atom. The minimum Gasteiger partial charge on any atom is -0.361 e. The smallest absolute Gasteiger partial charge is 0.267 e. The van der Waals surface area contributed by atoms with Gasteiger partial charge < -0.3 is 10.3 Å². The molecule has 2 aromatic heterocycles. The average molecular weight is 390 g/mol. The summed E-state index contributed by atoms with van der Waals surface area (Å²) in [5, 5.41) is 8.95. The van der Waals surface area contributed by atoms with Crippen LogP contribution in [-0.4, -0.2) is 26.7 Å². The third-order valence-corrected chi connectivity index (χ3v) is 6.42. The van der Waals surface area contributed by atoms with Gasteiger partial charge in [0.2, 0.25) is 5.91 Å². The van der Waals surface area contributed by atoms with Crippen molar-refractivity contribution in [3.05, 3.63) is 63.7 Å². The molecule has 1 saturated carbocycles. The number of aromatic nitrogens is 3. The second-order valence-electron chi connectivity index (χ2n) is 8.36. The summed E-state index contributed by atoms with van der Waals surface area (Å²) in [6.07, 6.45) is 8.89. The van der Waals surface area contributed by atoms with Crippen LogP contribution >= 0.6 is 0 Å². The maximum atomic E-state index is 12.6. The van der Waals surface area contributed by atoms with Crippen LogP contribution in [0.2, 0.25) is 0 Å².